The Labute approximate surface area is 356 Å². The van der Waals surface area contributed by atoms with Crippen LogP contribution in [0.1, 0.15) is 96.6 Å². The maximum absolute atomic E-state index is 13.5. The Bertz CT molecular complexity index is 2620. The van der Waals surface area contributed by atoms with Crippen LogP contribution in [0.4, 0.5) is 0 Å². The smallest absolute Gasteiger partial charge is 0.315 e. The fourth-order valence-electron chi connectivity index (χ4n) is 9.15. The van der Waals surface area contributed by atoms with Crippen LogP contribution >= 0.6 is 12.4 Å². The lowest BCUT2D eigenvalue weighted by Gasteiger charge is -2.23. The van der Waals surface area contributed by atoms with E-state index in [9.17, 15) is 19.2 Å². The number of Topliss-reactive ketones (excluding diaryl/α,β-unsaturated/α-hetero) is 2. The average Bonchev–Trinajstić information content (AvgIpc) is 3.41. The van der Waals surface area contributed by atoms with Gasteiger partial charge < -0.3 is 23.2 Å². The number of carbonyl (C=O) groups is 4. The van der Waals surface area contributed by atoms with Gasteiger partial charge in [-0.05, 0) is 78.4 Å². The first-order valence-electron chi connectivity index (χ1n) is 20.8. The standard InChI is InChI=1S/C29H36N3O5.C18H19N3O.ClH/c1-19-31(17-20-10-11-23-25(26(20)34)21-8-6-7-9-22(21)30(23)5)14-15-32(19)18-36-27(35)29(12-13-29)16-24(33)37-28(2,3)4;1-12-19-9-10-21(12)11-13-7-8-16-17(18(13)22)14-5-3-4-6-15(14)20(16)2;/h6-9,14-15,20H,10-13,16-18H2,1-5H3;3-6,9-10,13H,7-8,11H2,1-2H3;1H/q+1;;. The summed E-state index contributed by atoms with van der Waals surface area (Å²) in [5.74, 6) is 1.56. The summed E-state index contributed by atoms with van der Waals surface area (Å²) >= 11 is 0. The van der Waals surface area contributed by atoms with Crippen LogP contribution in [0.2, 0.25) is 0 Å². The van der Waals surface area contributed by atoms with Crippen LogP contribution in [0, 0.1) is 31.1 Å². The Morgan fingerprint density at radius 3 is 1.85 bits per heavy atom. The Morgan fingerprint density at radius 2 is 1.35 bits per heavy atom. The van der Waals surface area contributed by atoms with Crippen molar-refractivity contribution >= 4 is 57.7 Å². The van der Waals surface area contributed by atoms with Gasteiger partial charge in [-0.2, -0.15) is 4.57 Å². The lowest BCUT2D eigenvalue weighted by atomic mass is 9.85. The van der Waals surface area contributed by atoms with Gasteiger partial charge in [-0.1, -0.05) is 36.4 Å². The second kappa shape index (κ2) is 16.5. The molecule has 2 aromatic carbocycles. The molecule has 0 spiro atoms. The minimum atomic E-state index is -0.760. The summed E-state index contributed by atoms with van der Waals surface area (Å²) in [6, 6.07) is 16.3. The minimum Gasteiger partial charge on any atom is -0.460 e. The first kappa shape index (κ1) is 42.6. The normalized spacial score (nSPS) is 18.0. The molecule has 1 saturated carbocycles. The highest BCUT2D eigenvalue weighted by Crippen LogP contribution is 2.50. The van der Waals surface area contributed by atoms with E-state index in [0.717, 1.165) is 82.5 Å². The fourth-order valence-corrected chi connectivity index (χ4v) is 9.15. The summed E-state index contributed by atoms with van der Waals surface area (Å²) in [4.78, 5) is 55.9. The number of ketones is 2. The molecule has 4 heterocycles. The van der Waals surface area contributed by atoms with Crippen LogP contribution in [0.3, 0.4) is 0 Å². The Hall–Kier alpha value is -5.49. The molecule has 0 radical (unpaired) electrons. The first-order chi connectivity index (χ1) is 28.2. The van der Waals surface area contributed by atoms with E-state index >= 15 is 0 Å². The maximum Gasteiger partial charge on any atom is 0.315 e. The van der Waals surface area contributed by atoms with E-state index in [4.69, 9.17) is 9.47 Å². The number of rotatable bonds is 9. The van der Waals surface area contributed by atoms with Gasteiger partial charge in [-0.25, -0.2) is 9.55 Å². The molecule has 12 nitrogen and oxygen atoms in total. The Balaban J connectivity index is 0.000000201. The number of hydrogen-bond acceptors (Lipinski definition) is 7. The first-order valence-corrected chi connectivity index (χ1v) is 20.8. The number of fused-ring (bicyclic) bond motifs is 6. The van der Waals surface area contributed by atoms with Crippen LogP contribution in [-0.4, -0.2) is 52.4 Å². The second-order valence-corrected chi connectivity index (χ2v) is 17.7. The van der Waals surface area contributed by atoms with Crippen molar-refractivity contribution in [2.45, 2.75) is 105 Å². The molecule has 9 rings (SSSR count). The molecule has 3 aliphatic carbocycles. The maximum atomic E-state index is 13.5. The highest BCUT2D eigenvalue weighted by Gasteiger charge is 2.53. The quantitative estimate of drug-likeness (QED) is 0.109. The highest BCUT2D eigenvalue weighted by atomic mass is 35.5. The zero-order chi connectivity index (χ0) is 41.8. The summed E-state index contributed by atoms with van der Waals surface area (Å²) in [6.45, 7) is 10.8. The molecule has 0 saturated heterocycles. The number of aromatic nitrogens is 6. The van der Waals surface area contributed by atoms with Crippen molar-refractivity contribution in [1.29, 1.82) is 0 Å². The van der Waals surface area contributed by atoms with Crippen LogP contribution < -0.4 is 4.57 Å². The van der Waals surface area contributed by atoms with Crippen molar-refractivity contribution in [3.8, 4) is 0 Å². The largest absolute Gasteiger partial charge is 0.460 e. The summed E-state index contributed by atoms with van der Waals surface area (Å²) < 4.78 is 21.3. The third-order valence-corrected chi connectivity index (χ3v) is 12.7. The predicted octanol–water partition coefficient (Wildman–Crippen LogP) is 7.58. The number of hydrogen-bond donors (Lipinski definition) is 0. The molecule has 60 heavy (non-hydrogen) atoms. The van der Waals surface area contributed by atoms with Gasteiger partial charge in [0.15, 0.2) is 11.6 Å². The van der Waals surface area contributed by atoms with Crippen LogP contribution in [0.25, 0.3) is 21.8 Å². The van der Waals surface area contributed by atoms with E-state index in [2.05, 4.69) is 48.5 Å². The molecular formula is C47H56ClN6O6+. The van der Waals surface area contributed by atoms with Gasteiger partial charge in [0.25, 0.3) is 5.82 Å². The second-order valence-electron chi connectivity index (χ2n) is 17.7. The van der Waals surface area contributed by atoms with E-state index in [1.807, 2.05) is 95.2 Å². The van der Waals surface area contributed by atoms with Gasteiger partial charge in [0.1, 0.15) is 30.4 Å². The molecule has 6 aromatic rings. The minimum absolute atomic E-state index is 0. The monoisotopic (exact) mass is 835 g/mol. The van der Waals surface area contributed by atoms with E-state index in [-0.39, 0.29) is 60.9 Å². The Morgan fingerprint density at radius 1 is 0.817 bits per heavy atom. The van der Waals surface area contributed by atoms with Crippen molar-refractivity contribution < 1.29 is 33.2 Å². The number of nitrogens with zero attached hydrogens (tertiary/aromatic N) is 6. The SMILES string of the molecule is Cc1n(CC2CCc3c(c4ccccc4n3C)C2=O)cc[n+]1COC(=O)C1(CC(=O)OC(C)(C)C)CC1.Cc1nccn1CC1CCc2c(c3ccccc3n2C)C1=O.Cl. The number of imidazole rings is 2. The van der Waals surface area contributed by atoms with Gasteiger partial charge in [-0.15, -0.1) is 12.4 Å². The van der Waals surface area contributed by atoms with Crippen molar-refractivity contribution in [2.75, 3.05) is 0 Å². The molecule has 0 bridgehead atoms. The number of aryl methyl sites for hydroxylation is 3. The zero-order valence-electron chi connectivity index (χ0n) is 35.7. The van der Waals surface area contributed by atoms with Crippen molar-refractivity contribution in [3.05, 3.63) is 107 Å². The molecule has 0 amide bonds. The molecule has 3 aliphatic rings. The summed E-state index contributed by atoms with van der Waals surface area (Å²) in [5, 5.41) is 2.12. The number of benzene rings is 2. The third kappa shape index (κ3) is 8.06. The zero-order valence-corrected chi connectivity index (χ0v) is 36.5. The average molecular weight is 836 g/mol. The lowest BCUT2D eigenvalue weighted by Crippen LogP contribution is -2.40. The third-order valence-electron chi connectivity index (χ3n) is 12.7. The molecule has 1 fully saturated rings. The number of carbonyl (C=O) groups excluding carboxylic acids is 4. The predicted molar refractivity (Wildman–Crippen MR) is 230 cm³/mol. The fraction of sp³-hybridized carbons (Fsp3) is 0.447. The molecule has 316 valence electrons. The number of halogens is 1. The van der Waals surface area contributed by atoms with Crippen molar-refractivity contribution in [3.63, 3.8) is 0 Å². The van der Waals surface area contributed by atoms with E-state index in [1.54, 1.807) is 6.20 Å². The molecule has 0 aliphatic heterocycles. The van der Waals surface area contributed by atoms with Gasteiger partial charge in [0, 0.05) is 90.2 Å². The van der Waals surface area contributed by atoms with E-state index < -0.39 is 11.0 Å². The molecule has 0 N–H and O–H groups in total. The summed E-state index contributed by atoms with van der Waals surface area (Å²) in [7, 11) is 4.10. The molecule has 4 aromatic heterocycles. The van der Waals surface area contributed by atoms with E-state index in [1.165, 1.54) is 5.69 Å². The molecule has 13 heteroatoms. The van der Waals surface area contributed by atoms with Crippen molar-refractivity contribution in [2.24, 2.45) is 31.3 Å². The molecular weight excluding hydrogens is 780 g/mol. The summed E-state index contributed by atoms with van der Waals surface area (Å²) in [6.07, 6.45) is 12.4. The van der Waals surface area contributed by atoms with Crippen molar-refractivity contribution in [1.82, 2.24) is 23.3 Å². The van der Waals surface area contributed by atoms with Gasteiger partial charge in [0.05, 0.1) is 17.8 Å². The van der Waals surface area contributed by atoms with Gasteiger partial charge >= 0.3 is 11.9 Å². The molecule has 2 unspecified atom stereocenters. The van der Waals surface area contributed by atoms with Crippen LogP contribution in [0.5, 0.6) is 0 Å². The van der Waals surface area contributed by atoms with Gasteiger partial charge in [-0.3, -0.25) is 19.2 Å². The van der Waals surface area contributed by atoms with Crippen LogP contribution in [-0.2, 0) is 65.8 Å². The van der Waals surface area contributed by atoms with E-state index in [0.29, 0.717) is 19.4 Å². The number of ether oxygens (including phenoxy) is 2. The summed E-state index contributed by atoms with van der Waals surface area (Å²) in [5.41, 5.74) is 5.01. The Kier molecular flexibility index (Phi) is 11.7. The number of para-hydroxylation sites is 2. The molecule has 2 atom stereocenters. The highest BCUT2D eigenvalue weighted by molar-refractivity contribution is 6.12. The topological polar surface area (TPSA) is 123 Å². The number of esters is 2. The van der Waals surface area contributed by atoms with Crippen LogP contribution in [0.15, 0.2) is 73.3 Å². The lowest BCUT2D eigenvalue weighted by molar-refractivity contribution is -0.732. The van der Waals surface area contributed by atoms with Gasteiger partial charge in [0.2, 0.25) is 6.73 Å².